The third-order valence-corrected chi connectivity index (χ3v) is 4.05. The van der Waals surface area contributed by atoms with Crippen LogP contribution in [0.3, 0.4) is 0 Å². The van der Waals surface area contributed by atoms with Crippen molar-refractivity contribution in [2.24, 2.45) is 0 Å². The fraction of sp³-hybridized carbons (Fsp3) is 0.211. The first-order valence-electron chi connectivity index (χ1n) is 8.87. The number of hydrogen-bond acceptors (Lipinski definition) is 8. The van der Waals surface area contributed by atoms with Crippen LogP contribution >= 0.6 is 0 Å². The predicted octanol–water partition coefficient (Wildman–Crippen LogP) is 2.86. The van der Waals surface area contributed by atoms with Gasteiger partial charge in [0.05, 0.1) is 6.61 Å². The number of benzene rings is 1. The van der Waals surface area contributed by atoms with Crippen molar-refractivity contribution in [2.75, 3.05) is 17.2 Å². The lowest BCUT2D eigenvalue weighted by atomic mass is 10.1. The second-order valence-electron chi connectivity index (χ2n) is 6.49. The average molecular weight is 434 g/mol. The number of aliphatic hydroxyl groups excluding tert-OH is 1. The molecule has 0 spiro atoms. The topological polar surface area (TPSA) is 133 Å². The quantitative estimate of drug-likeness (QED) is 0.443. The molecule has 1 atom stereocenters. The minimum atomic E-state index is -4.58. The van der Waals surface area contributed by atoms with Gasteiger partial charge < -0.3 is 20.8 Å². The Hall–Kier alpha value is -3.80. The van der Waals surface area contributed by atoms with Gasteiger partial charge in [-0.2, -0.15) is 13.2 Å². The highest BCUT2D eigenvalue weighted by molar-refractivity contribution is 5.76. The van der Waals surface area contributed by atoms with Gasteiger partial charge in [0.15, 0.2) is 6.04 Å². The van der Waals surface area contributed by atoms with E-state index in [-0.39, 0.29) is 11.9 Å². The first kappa shape index (κ1) is 21.9. The lowest BCUT2D eigenvalue weighted by Crippen LogP contribution is -2.33. The number of anilines is 3. The van der Waals surface area contributed by atoms with Gasteiger partial charge in [0, 0.05) is 29.8 Å². The summed E-state index contributed by atoms with van der Waals surface area (Å²) < 4.78 is 38.6. The molecule has 3 rings (SSSR count). The Morgan fingerprint density at radius 2 is 1.81 bits per heavy atom. The van der Waals surface area contributed by atoms with Crippen molar-refractivity contribution >= 4 is 23.6 Å². The fourth-order valence-electron chi connectivity index (χ4n) is 2.62. The number of carboxylic acid groups (broad SMARTS) is 1. The smallest absolute Gasteiger partial charge is 0.433 e. The van der Waals surface area contributed by atoms with Crippen molar-refractivity contribution in [2.45, 2.75) is 19.1 Å². The van der Waals surface area contributed by atoms with Gasteiger partial charge in [-0.15, -0.1) is 0 Å². The second kappa shape index (κ2) is 8.92. The van der Waals surface area contributed by atoms with Gasteiger partial charge in [-0.3, -0.25) is 0 Å². The summed E-state index contributed by atoms with van der Waals surface area (Å²) in [6.45, 7) is 1.17. The normalized spacial score (nSPS) is 12.3. The molecule has 3 aromatic rings. The Morgan fingerprint density at radius 3 is 2.42 bits per heavy atom. The summed E-state index contributed by atoms with van der Waals surface area (Å²) in [5, 5.41) is 23.3. The summed E-state index contributed by atoms with van der Waals surface area (Å²) in [6, 6.07) is 4.73. The van der Waals surface area contributed by atoms with Crippen molar-refractivity contribution in [1.82, 2.24) is 19.9 Å². The lowest BCUT2D eigenvalue weighted by molar-refractivity contribution is -0.141. The number of carbonyl (C=O) groups is 1. The average Bonchev–Trinajstić information content (AvgIpc) is 2.71. The van der Waals surface area contributed by atoms with E-state index in [0.717, 1.165) is 17.8 Å². The molecule has 0 saturated carbocycles. The molecule has 1 unspecified atom stereocenters. The van der Waals surface area contributed by atoms with E-state index in [1.54, 1.807) is 19.1 Å². The highest BCUT2D eigenvalue weighted by Gasteiger charge is 2.32. The van der Waals surface area contributed by atoms with Crippen LogP contribution in [-0.2, 0) is 11.0 Å². The molecule has 4 N–H and O–H groups in total. The van der Waals surface area contributed by atoms with E-state index < -0.39 is 30.5 Å². The van der Waals surface area contributed by atoms with Crippen molar-refractivity contribution in [1.29, 1.82) is 0 Å². The largest absolute Gasteiger partial charge is 0.480 e. The monoisotopic (exact) mass is 434 g/mol. The number of rotatable bonds is 7. The van der Waals surface area contributed by atoms with Gasteiger partial charge in [-0.25, -0.2) is 24.7 Å². The van der Waals surface area contributed by atoms with Crippen LogP contribution in [0.4, 0.5) is 30.8 Å². The van der Waals surface area contributed by atoms with E-state index in [2.05, 4.69) is 30.6 Å². The Bertz CT molecular complexity index is 1080. The van der Waals surface area contributed by atoms with Crippen LogP contribution in [0.1, 0.15) is 11.3 Å². The maximum Gasteiger partial charge on any atom is 0.433 e. The van der Waals surface area contributed by atoms with E-state index >= 15 is 0 Å². The first-order valence-corrected chi connectivity index (χ1v) is 8.87. The number of nitrogens with one attached hydrogen (secondary N) is 2. The summed E-state index contributed by atoms with van der Waals surface area (Å²) in [5.74, 6) is -1.43. The molecule has 162 valence electrons. The molecule has 0 aliphatic rings. The molecule has 0 aliphatic heterocycles. The zero-order valence-corrected chi connectivity index (χ0v) is 16.1. The summed E-state index contributed by atoms with van der Waals surface area (Å²) in [4.78, 5) is 26.3. The molecular formula is C19H17F3N6O3. The van der Waals surface area contributed by atoms with Gasteiger partial charge in [-0.05, 0) is 36.2 Å². The Morgan fingerprint density at radius 1 is 1.10 bits per heavy atom. The molecule has 0 fully saturated rings. The number of aryl methyl sites for hydroxylation is 1. The number of nitrogens with zero attached hydrogens (tertiary/aromatic N) is 4. The minimum Gasteiger partial charge on any atom is -0.480 e. The van der Waals surface area contributed by atoms with Gasteiger partial charge in [0.25, 0.3) is 0 Å². The van der Waals surface area contributed by atoms with Gasteiger partial charge in [0.2, 0.25) is 11.9 Å². The fourth-order valence-corrected chi connectivity index (χ4v) is 2.62. The van der Waals surface area contributed by atoms with Gasteiger partial charge >= 0.3 is 12.1 Å². The van der Waals surface area contributed by atoms with Gasteiger partial charge in [-0.1, -0.05) is 6.07 Å². The SMILES string of the molecule is Cc1cc(Nc2nccc(C(F)(F)F)n2)cc(-c2cnc(NC(CO)C(=O)O)nc2)c1. The number of carboxylic acids is 1. The van der Waals surface area contributed by atoms with Crippen LogP contribution in [0.15, 0.2) is 42.9 Å². The van der Waals surface area contributed by atoms with Crippen LogP contribution in [-0.4, -0.2) is 48.8 Å². The molecule has 0 aliphatic carbocycles. The molecule has 9 nitrogen and oxygen atoms in total. The maximum atomic E-state index is 12.9. The lowest BCUT2D eigenvalue weighted by Gasteiger charge is -2.12. The van der Waals surface area contributed by atoms with E-state index in [9.17, 15) is 18.0 Å². The van der Waals surface area contributed by atoms with E-state index in [1.807, 2.05) is 6.07 Å². The molecule has 31 heavy (non-hydrogen) atoms. The van der Waals surface area contributed by atoms with Crippen molar-refractivity contribution < 1.29 is 28.2 Å². The highest BCUT2D eigenvalue weighted by atomic mass is 19.4. The van der Waals surface area contributed by atoms with Gasteiger partial charge in [0.1, 0.15) is 5.69 Å². The number of halogens is 3. The highest BCUT2D eigenvalue weighted by Crippen LogP contribution is 2.29. The number of alkyl halides is 3. The Labute approximate surface area is 174 Å². The second-order valence-corrected chi connectivity index (χ2v) is 6.49. The molecule has 0 amide bonds. The molecule has 2 heterocycles. The van der Waals surface area contributed by atoms with Crippen molar-refractivity contribution in [3.63, 3.8) is 0 Å². The molecular weight excluding hydrogens is 417 g/mol. The van der Waals surface area contributed by atoms with Crippen LogP contribution in [0, 0.1) is 6.92 Å². The molecule has 0 saturated heterocycles. The van der Waals surface area contributed by atoms with E-state index in [0.29, 0.717) is 16.8 Å². The van der Waals surface area contributed by atoms with Crippen molar-refractivity contribution in [3.8, 4) is 11.1 Å². The summed E-state index contributed by atoms with van der Waals surface area (Å²) in [6.07, 6.45) is -0.666. The Balaban J connectivity index is 1.82. The zero-order valence-electron chi connectivity index (χ0n) is 16.1. The van der Waals surface area contributed by atoms with E-state index in [1.165, 1.54) is 12.4 Å². The van der Waals surface area contributed by atoms with Crippen LogP contribution < -0.4 is 10.6 Å². The molecule has 2 aromatic heterocycles. The third-order valence-electron chi connectivity index (χ3n) is 4.05. The van der Waals surface area contributed by atoms with Crippen LogP contribution in [0.5, 0.6) is 0 Å². The number of aliphatic carboxylic acids is 1. The summed E-state index contributed by atoms with van der Waals surface area (Å²) >= 11 is 0. The van der Waals surface area contributed by atoms with Crippen LogP contribution in [0.2, 0.25) is 0 Å². The van der Waals surface area contributed by atoms with E-state index in [4.69, 9.17) is 10.2 Å². The third kappa shape index (κ3) is 5.63. The Kier molecular flexibility index (Phi) is 6.30. The number of aliphatic hydroxyl groups is 1. The van der Waals surface area contributed by atoms with Crippen LogP contribution in [0.25, 0.3) is 11.1 Å². The zero-order chi connectivity index (χ0) is 22.6. The first-order chi connectivity index (χ1) is 14.7. The maximum absolute atomic E-state index is 12.9. The number of aromatic nitrogens is 4. The molecule has 1 aromatic carbocycles. The number of hydrogen-bond donors (Lipinski definition) is 4. The summed E-state index contributed by atoms with van der Waals surface area (Å²) in [7, 11) is 0. The molecule has 0 bridgehead atoms. The molecule has 12 heteroatoms. The predicted molar refractivity (Wildman–Crippen MR) is 105 cm³/mol. The minimum absolute atomic E-state index is 0.0218. The van der Waals surface area contributed by atoms with Crippen molar-refractivity contribution in [3.05, 3.63) is 54.1 Å². The summed E-state index contributed by atoms with van der Waals surface area (Å²) in [5.41, 5.74) is 1.45. The standard InChI is InChI=1S/C19H17F3N6O3/c1-10-4-11(12-7-24-17(25-8-12)27-14(9-29)16(30)31)6-13(5-10)26-18-23-3-2-15(28-18)19(20,21)22/h2-8,14,29H,9H2,1H3,(H,30,31)(H,23,26,28)(H,24,25,27). The molecule has 0 radical (unpaired) electrons.